The first-order valence-corrected chi connectivity index (χ1v) is 17.4. The maximum Gasteiger partial charge on any atom is 0.276 e. The van der Waals surface area contributed by atoms with Crippen LogP contribution in [0.5, 0.6) is 0 Å². The van der Waals surface area contributed by atoms with E-state index in [0.29, 0.717) is 24.2 Å². The van der Waals surface area contributed by atoms with Crippen molar-refractivity contribution in [2.75, 3.05) is 11.9 Å². The van der Waals surface area contributed by atoms with Gasteiger partial charge in [-0.15, -0.1) is 0 Å². The second-order valence-corrected chi connectivity index (χ2v) is 16.3. The van der Waals surface area contributed by atoms with Crippen LogP contribution in [-0.2, 0) is 25.7 Å². The molecule has 2 saturated heterocycles. The molecule has 7 atom stereocenters. The molecule has 252 valence electrons. The molecule has 0 aromatic heterocycles. The second-order valence-electron chi connectivity index (χ2n) is 14.0. The van der Waals surface area contributed by atoms with Crippen LogP contribution in [0.25, 0.3) is 0 Å². The number of nitrogens with one attached hydrogen (secondary N) is 2. The maximum atomic E-state index is 13.7. The molecule has 3 fully saturated rings. The van der Waals surface area contributed by atoms with Crippen LogP contribution in [-0.4, -0.2) is 55.9 Å². The number of fused-ring (bicyclic) bond motifs is 1. The van der Waals surface area contributed by atoms with E-state index in [1.54, 1.807) is 12.1 Å². The highest BCUT2D eigenvalue weighted by atomic mass is 35.6. The van der Waals surface area contributed by atoms with Gasteiger partial charge >= 0.3 is 0 Å². The lowest BCUT2D eigenvalue weighted by molar-refractivity contribution is -0.278. The molecule has 2 aromatic rings. The number of anilines is 1. The Bertz CT molecular complexity index is 1350. The molecule has 2 aliphatic heterocycles. The number of likely N-dealkylation sites (tertiary alicyclic amines) is 1. The van der Waals surface area contributed by atoms with Gasteiger partial charge in [-0.1, -0.05) is 91.0 Å². The fourth-order valence-corrected chi connectivity index (χ4v) is 7.33. The number of aliphatic hydroxyl groups excluding tert-OH is 1. The fraction of sp³-hybridized carbons (Fsp3) is 0.600. The normalized spacial score (nSPS) is 29.1. The summed E-state index contributed by atoms with van der Waals surface area (Å²) in [6, 6.07) is 15.0. The Morgan fingerprint density at radius 3 is 2.20 bits per heavy atom. The van der Waals surface area contributed by atoms with Crippen molar-refractivity contribution in [3.05, 3.63) is 65.2 Å². The predicted molar refractivity (Wildman–Crippen MR) is 182 cm³/mol. The van der Waals surface area contributed by atoms with Gasteiger partial charge in [0.05, 0.1) is 24.9 Å². The number of hydrogen-bond donors (Lipinski definition) is 3. The molecule has 2 amide bonds. The van der Waals surface area contributed by atoms with Crippen LogP contribution in [0.15, 0.2) is 48.5 Å². The standard InChI is InChI=1S/C35H46Cl3N3O5/c1-21-29(19-41-27-8-6-5-7-23(27)15-18-28(41)31(43)40-34(2,3)4)45-32(46-30(21)24-11-9-22(20-42)10-12-24)25-13-16-26(17-14-25)39-33(44)35(36,37)38/h9-14,16-17,21,23,27-30,32,42H,5-8,15,18-20H2,1-4H3,(H,39,44)(H,40,43)/t21-,23+,27+,28+,29+,30+,32+/m0/s1. The lowest BCUT2D eigenvalue weighted by Crippen LogP contribution is -2.61. The van der Waals surface area contributed by atoms with E-state index in [2.05, 4.69) is 22.5 Å². The van der Waals surface area contributed by atoms with E-state index in [0.717, 1.165) is 36.0 Å². The van der Waals surface area contributed by atoms with Crippen LogP contribution in [0.3, 0.4) is 0 Å². The fourth-order valence-electron chi connectivity index (χ4n) is 7.19. The maximum absolute atomic E-state index is 13.7. The molecule has 0 bridgehead atoms. The molecule has 3 aliphatic rings. The van der Waals surface area contributed by atoms with Crippen LogP contribution in [0.2, 0.25) is 0 Å². The second kappa shape index (κ2) is 14.7. The van der Waals surface area contributed by atoms with Gasteiger partial charge in [-0.2, -0.15) is 0 Å². The molecule has 1 aliphatic carbocycles. The molecule has 2 heterocycles. The van der Waals surface area contributed by atoms with E-state index in [9.17, 15) is 14.7 Å². The average Bonchev–Trinajstić information content (AvgIpc) is 3.01. The Labute approximate surface area is 287 Å². The van der Waals surface area contributed by atoms with Gasteiger partial charge in [-0.05, 0) is 75.6 Å². The number of halogens is 3. The quantitative estimate of drug-likeness (QED) is 0.265. The number of amides is 2. The molecule has 1 saturated carbocycles. The third kappa shape index (κ3) is 8.56. The van der Waals surface area contributed by atoms with Crippen LogP contribution in [0.1, 0.15) is 95.3 Å². The first kappa shape index (κ1) is 35.4. The molecule has 2 aromatic carbocycles. The number of carbonyl (C=O) groups excluding carboxylic acids is 2. The molecule has 5 rings (SSSR count). The Morgan fingerprint density at radius 2 is 1.57 bits per heavy atom. The van der Waals surface area contributed by atoms with Crippen molar-refractivity contribution < 1.29 is 24.2 Å². The summed E-state index contributed by atoms with van der Waals surface area (Å²) in [5.41, 5.74) is 2.74. The van der Waals surface area contributed by atoms with Crippen molar-refractivity contribution in [1.82, 2.24) is 10.2 Å². The zero-order chi connectivity index (χ0) is 33.2. The molecular formula is C35H46Cl3N3O5. The van der Waals surface area contributed by atoms with E-state index >= 15 is 0 Å². The summed E-state index contributed by atoms with van der Waals surface area (Å²) < 4.78 is 11.4. The highest BCUT2D eigenvalue weighted by molar-refractivity contribution is 6.76. The SMILES string of the molecule is C[C@H]1[C@@H](CN2[C@@H](C(=O)NC(C)(C)C)CC[C@H]3CCCC[C@H]32)O[C@@H](c2ccc(NC(=O)C(Cl)(Cl)Cl)cc2)O[C@H]1c1ccc(CO)cc1. The number of alkyl halides is 3. The summed E-state index contributed by atoms with van der Waals surface area (Å²) in [5, 5.41) is 15.5. The zero-order valence-electron chi connectivity index (χ0n) is 27.0. The Kier molecular flexibility index (Phi) is 11.3. The number of rotatable bonds is 7. The smallest absolute Gasteiger partial charge is 0.276 e. The minimum atomic E-state index is -2.08. The lowest BCUT2D eigenvalue weighted by atomic mass is 9.75. The summed E-state index contributed by atoms with van der Waals surface area (Å²) >= 11 is 17.2. The van der Waals surface area contributed by atoms with Crippen molar-refractivity contribution >= 4 is 52.3 Å². The Balaban J connectivity index is 1.44. The number of nitrogens with zero attached hydrogens (tertiary/aromatic N) is 1. The van der Waals surface area contributed by atoms with Crippen LogP contribution >= 0.6 is 34.8 Å². The van der Waals surface area contributed by atoms with E-state index in [-0.39, 0.29) is 42.2 Å². The van der Waals surface area contributed by atoms with Crippen molar-refractivity contribution in [2.45, 2.75) is 113 Å². The van der Waals surface area contributed by atoms with Gasteiger partial charge in [0.2, 0.25) is 5.91 Å². The number of benzene rings is 2. The predicted octanol–water partition coefficient (Wildman–Crippen LogP) is 7.22. The molecule has 46 heavy (non-hydrogen) atoms. The van der Waals surface area contributed by atoms with Crippen LogP contribution < -0.4 is 10.6 Å². The lowest BCUT2D eigenvalue weighted by Gasteiger charge is -2.51. The van der Waals surface area contributed by atoms with E-state index in [4.69, 9.17) is 44.3 Å². The molecule has 3 N–H and O–H groups in total. The molecule has 11 heteroatoms. The van der Waals surface area contributed by atoms with E-state index in [1.807, 2.05) is 57.2 Å². The van der Waals surface area contributed by atoms with Gasteiger partial charge in [0.15, 0.2) is 6.29 Å². The van der Waals surface area contributed by atoms with Crippen molar-refractivity contribution in [3.8, 4) is 0 Å². The molecule has 0 radical (unpaired) electrons. The topological polar surface area (TPSA) is 100 Å². The van der Waals surface area contributed by atoms with E-state index in [1.165, 1.54) is 19.3 Å². The van der Waals surface area contributed by atoms with Crippen molar-refractivity contribution in [1.29, 1.82) is 0 Å². The molecule has 0 unspecified atom stereocenters. The van der Waals surface area contributed by atoms with Gasteiger partial charge < -0.3 is 25.2 Å². The number of piperidine rings is 1. The molecular weight excluding hydrogens is 649 g/mol. The summed E-state index contributed by atoms with van der Waals surface area (Å²) in [4.78, 5) is 28.4. The highest BCUT2D eigenvalue weighted by Gasteiger charge is 2.46. The summed E-state index contributed by atoms with van der Waals surface area (Å²) in [7, 11) is 0. The van der Waals surface area contributed by atoms with Crippen molar-refractivity contribution in [3.63, 3.8) is 0 Å². The van der Waals surface area contributed by atoms with E-state index < -0.39 is 16.0 Å². The first-order chi connectivity index (χ1) is 21.7. The monoisotopic (exact) mass is 693 g/mol. The van der Waals surface area contributed by atoms with Gasteiger partial charge in [0.1, 0.15) is 0 Å². The zero-order valence-corrected chi connectivity index (χ0v) is 29.2. The first-order valence-electron chi connectivity index (χ1n) is 16.3. The third-order valence-corrected chi connectivity index (χ3v) is 10.0. The molecule has 0 spiro atoms. The number of ether oxygens (including phenoxy) is 2. The third-order valence-electron chi connectivity index (χ3n) is 9.52. The summed E-state index contributed by atoms with van der Waals surface area (Å²) in [6.07, 6.45) is 5.35. The largest absolute Gasteiger partial charge is 0.392 e. The van der Waals surface area contributed by atoms with Crippen molar-refractivity contribution in [2.24, 2.45) is 11.8 Å². The van der Waals surface area contributed by atoms with Gasteiger partial charge in [0, 0.05) is 35.3 Å². The van der Waals surface area contributed by atoms with Crippen LogP contribution in [0, 0.1) is 11.8 Å². The minimum Gasteiger partial charge on any atom is -0.392 e. The average molecular weight is 695 g/mol. The summed E-state index contributed by atoms with van der Waals surface area (Å²) in [6.45, 7) is 8.79. The highest BCUT2D eigenvalue weighted by Crippen LogP contribution is 2.44. The number of aliphatic hydroxyl groups is 1. The minimum absolute atomic E-state index is 0.0330. The van der Waals surface area contributed by atoms with Gasteiger partial charge in [0.25, 0.3) is 9.70 Å². The number of carbonyl (C=O) groups is 2. The van der Waals surface area contributed by atoms with Gasteiger partial charge in [-0.25, -0.2) is 0 Å². The van der Waals surface area contributed by atoms with Crippen LogP contribution in [0.4, 0.5) is 5.69 Å². The summed E-state index contributed by atoms with van der Waals surface area (Å²) in [5.74, 6) is -0.121. The Hall–Kier alpha value is -1.91. The Morgan fingerprint density at radius 1 is 0.913 bits per heavy atom. The number of hydrogen-bond acceptors (Lipinski definition) is 6. The molecule has 8 nitrogen and oxygen atoms in total. The van der Waals surface area contributed by atoms with Gasteiger partial charge in [-0.3, -0.25) is 14.5 Å².